The maximum Gasteiger partial charge on any atom is 0.119 e. The Hall–Kier alpha value is -0.330. The van der Waals surface area contributed by atoms with E-state index in [-0.39, 0.29) is 6.04 Å². The smallest absolute Gasteiger partial charge is 0.119 e. The Labute approximate surface area is 97.4 Å². The topological polar surface area (TPSA) is 55.5 Å². The highest BCUT2D eigenvalue weighted by molar-refractivity contribution is 14.1. The average molecular weight is 307 g/mol. The number of halogens is 1. The molecule has 0 aliphatic carbocycles. The lowest BCUT2D eigenvalue weighted by Gasteiger charge is -2.17. The number of benzene rings is 1. The van der Waals surface area contributed by atoms with E-state index < -0.39 is 6.10 Å². The molecular weight excluding hydrogens is 293 g/mol. The molecule has 0 radical (unpaired) electrons. The van der Waals surface area contributed by atoms with Gasteiger partial charge in [0, 0.05) is 3.57 Å². The third kappa shape index (κ3) is 2.59. The molecule has 1 rings (SSSR count). The molecule has 78 valence electrons. The van der Waals surface area contributed by atoms with Crippen molar-refractivity contribution < 1.29 is 9.84 Å². The molecule has 0 amide bonds. The number of rotatable bonds is 3. The van der Waals surface area contributed by atoms with Crippen LogP contribution in [0.3, 0.4) is 0 Å². The van der Waals surface area contributed by atoms with Gasteiger partial charge < -0.3 is 15.6 Å². The van der Waals surface area contributed by atoms with Crippen molar-refractivity contribution in [3.63, 3.8) is 0 Å². The number of hydrogen-bond donors (Lipinski definition) is 2. The van der Waals surface area contributed by atoms with Gasteiger partial charge in [0.15, 0.2) is 0 Å². The first-order valence-corrected chi connectivity index (χ1v) is 5.41. The van der Waals surface area contributed by atoms with E-state index in [1.165, 1.54) is 0 Å². The van der Waals surface area contributed by atoms with Crippen LogP contribution in [0.4, 0.5) is 0 Å². The maximum atomic E-state index is 9.37. The number of aliphatic hydroxyl groups excluding tert-OH is 1. The van der Waals surface area contributed by atoms with Crippen molar-refractivity contribution >= 4 is 22.6 Å². The lowest BCUT2D eigenvalue weighted by atomic mass is 10.0. The largest absolute Gasteiger partial charge is 0.497 e. The normalized spacial score (nSPS) is 14.9. The van der Waals surface area contributed by atoms with Gasteiger partial charge in [-0.3, -0.25) is 0 Å². The minimum atomic E-state index is -0.545. The molecule has 0 fully saturated rings. The Balaban J connectivity index is 2.99. The average Bonchev–Trinajstić information content (AvgIpc) is 2.16. The number of ether oxygens (including phenoxy) is 1. The van der Waals surface area contributed by atoms with E-state index in [4.69, 9.17) is 10.5 Å². The summed E-state index contributed by atoms with van der Waals surface area (Å²) in [5.41, 5.74) is 6.78. The van der Waals surface area contributed by atoms with Gasteiger partial charge in [-0.1, -0.05) is 6.07 Å². The summed E-state index contributed by atoms with van der Waals surface area (Å²) >= 11 is 2.19. The molecule has 0 aliphatic rings. The summed E-state index contributed by atoms with van der Waals surface area (Å²) in [7, 11) is 1.62. The molecule has 1 aromatic rings. The van der Waals surface area contributed by atoms with Crippen molar-refractivity contribution in [2.75, 3.05) is 7.11 Å². The molecule has 3 nitrogen and oxygen atoms in total. The molecule has 3 N–H and O–H groups in total. The van der Waals surface area contributed by atoms with Gasteiger partial charge in [-0.25, -0.2) is 0 Å². The summed E-state index contributed by atoms with van der Waals surface area (Å²) < 4.78 is 6.09. The van der Waals surface area contributed by atoms with E-state index in [1.807, 2.05) is 18.2 Å². The fourth-order valence-electron chi connectivity index (χ4n) is 1.17. The third-order valence-electron chi connectivity index (χ3n) is 2.09. The van der Waals surface area contributed by atoms with Gasteiger partial charge in [-0.05, 0) is 47.2 Å². The van der Waals surface area contributed by atoms with E-state index in [0.717, 1.165) is 14.9 Å². The predicted octanol–water partition coefficient (Wildman–Crippen LogP) is 1.68. The van der Waals surface area contributed by atoms with Crippen molar-refractivity contribution in [2.24, 2.45) is 5.73 Å². The number of methoxy groups -OCH3 is 1. The third-order valence-corrected chi connectivity index (χ3v) is 3.02. The van der Waals surface area contributed by atoms with Gasteiger partial charge >= 0.3 is 0 Å². The Morgan fingerprint density at radius 2 is 2.14 bits per heavy atom. The lowest BCUT2D eigenvalue weighted by molar-refractivity contribution is 0.164. The quantitative estimate of drug-likeness (QED) is 0.836. The van der Waals surface area contributed by atoms with Gasteiger partial charge in [0.1, 0.15) is 5.75 Å². The molecule has 0 spiro atoms. The van der Waals surface area contributed by atoms with Crippen LogP contribution in [0.25, 0.3) is 0 Å². The predicted molar refractivity (Wildman–Crippen MR) is 64.3 cm³/mol. The minimum absolute atomic E-state index is 0.340. The van der Waals surface area contributed by atoms with Crippen LogP contribution < -0.4 is 10.5 Å². The zero-order chi connectivity index (χ0) is 10.7. The molecule has 0 bridgehead atoms. The molecular formula is C10H14INO2. The Morgan fingerprint density at radius 1 is 1.50 bits per heavy atom. The molecule has 0 saturated heterocycles. The lowest BCUT2D eigenvalue weighted by Crippen LogP contribution is -2.24. The van der Waals surface area contributed by atoms with E-state index in [1.54, 1.807) is 14.0 Å². The van der Waals surface area contributed by atoms with Crippen molar-refractivity contribution in [3.8, 4) is 5.75 Å². The molecule has 4 heteroatoms. The summed E-state index contributed by atoms with van der Waals surface area (Å²) in [5, 5.41) is 9.37. The van der Waals surface area contributed by atoms with E-state index in [0.29, 0.717) is 0 Å². The van der Waals surface area contributed by atoms with E-state index >= 15 is 0 Å². The fourth-order valence-corrected chi connectivity index (χ4v) is 2.01. The SMILES string of the molecule is COc1ccc([C@@H](N)[C@H](C)O)c(I)c1. The van der Waals surface area contributed by atoms with Crippen LogP contribution in [0.2, 0.25) is 0 Å². The first kappa shape index (κ1) is 11.7. The van der Waals surface area contributed by atoms with Crippen molar-refractivity contribution in [1.29, 1.82) is 0 Å². The Morgan fingerprint density at radius 3 is 2.57 bits per heavy atom. The van der Waals surface area contributed by atoms with Crippen molar-refractivity contribution in [3.05, 3.63) is 27.3 Å². The molecule has 0 unspecified atom stereocenters. The molecule has 2 atom stereocenters. The van der Waals surface area contributed by atoms with Gasteiger partial charge in [0.2, 0.25) is 0 Å². The molecule has 0 heterocycles. The second-order valence-corrected chi connectivity index (χ2v) is 4.32. The van der Waals surface area contributed by atoms with Crippen LogP contribution in [-0.2, 0) is 0 Å². The van der Waals surface area contributed by atoms with Crippen LogP contribution in [0.15, 0.2) is 18.2 Å². The highest BCUT2D eigenvalue weighted by Gasteiger charge is 2.15. The molecule has 14 heavy (non-hydrogen) atoms. The first-order valence-electron chi connectivity index (χ1n) is 4.33. The van der Waals surface area contributed by atoms with Gasteiger partial charge in [0.25, 0.3) is 0 Å². The fraction of sp³-hybridized carbons (Fsp3) is 0.400. The summed E-state index contributed by atoms with van der Waals surface area (Å²) in [4.78, 5) is 0. The van der Waals surface area contributed by atoms with Crippen molar-refractivity contribution in [2.45, 2.75) is 19.1 Å². The molecule has 0 saturated carbocycles. The van der Waals surface area contributed by atoms with Gasteiger partial charge in [-0.15, -0.1) is 0 Å². The summed E-state index contributed by atoms with van der Waals surface area (Å²) in [6, 6.07) is 5.29. The summed E-state index contributed by atoms with van der Waals surface area (Å²) in [6.07, 6.45) is -0.545. The monoisotopic (exact) mass is 307 g/mol. The highest BCUT2D eigenvalue weighted by Crippen LogP contribution is 2.24. The van der Waals surface area contributed by atoms with E-state index in [9.17, 15) is 5.11 Å². The Kier molecular flexibility index (Phi) is 4.15. The number of hydrogen-bond acceptors (Lipinski definition) is 3. The van der Waals surface area contributed by atoms with Crippen LogP contribution in [0.1, 0.15) is 18.5 Å². The van der Waals surface area contributed by atoms with Crippen LogP contribution >= 0.6 is 22.6 Å². The first-order chi connectivity index (χ1) is 6.56. The van der Waals surface area contributed by atoms with Crippen LogP contribution in [-0.4, -0.2) is 18.3 Å². The summed E-state index contributed by atoms with van der Waals surface area (Å²) in [5.74, 6) is 0.802. The van der Waals surface area contributed by atoms with Gasteiger partial charge in [-0.2, -0.15) is 0 Å². The second-order valence-electron chi connectivity index (χ2n) is 3.15. The molecule has 0 aromatic heterocycles. The van der Waals surface area contributed by atoms with Gasteiger partial charge in [0.05, 0.1) is 19.3 Å². The van der Waals surface area contributed by atoms with Crippen LogP contribution in [0.5, 0.6) is 5.75 Å². The van der Waals surface area contributed by atoms with E-state index in [2.05, 4.69) is 22.6 Å². The second kappa shape index (κ2) is 4.95. The maximum absolute atomic E-state index is 9.37. The number of nitrogens with two attached hydrogens (primary N) is 1. The van der Waals surface area contributed by atoms with Crippen LogP contribution in [0, 0.1) is 3.57 Å². The highest BCUT2D eigenvalue weighted by atomic mass is 127. The summed E-state index contributed by atoms with van der Waals surface area (Å²) in [6.45, 7) is 1.69. The molecule has 0 aliphatic heterocycles. The zero-order valence-corrected chi connectivity index (χ0v) is 10.4. The molecule has 1 aromatic carbocycles. The standard InChI is InChI=1S/C10H14INO2/c1-6(13)10(12)8-4-3-7(14-2)5-9(8)11/h3-6,10,13H,12H2,1-2H3/t6-,10-/m0/s1. The minimum Gasteiger partial charge on any atom is -0.497 e. The van der Waals surface area contributed by atoms with Crippen molar-refractivity contribution in [1.82, 2.24) is 0 Å². The zero-order valence-electron chi connectivity index (χ0n) is 8.20. The Bertz CT molecular complexity index is 315. The number of aliphatic hydroxyl groups is 1.